The fourth-order valence-corrected chi connectivity index (χ4v) is 0.703. The summed E-state index contributed by atoms with van der Waals surface area (Å²) in [6.07, 6.45) is 5.02. The summed E-state index contributed by atoms with van der Waals surface area (Å²) in [6, 6.07) is 8.61. The van der Waals surface area contributed by atoms with Crippen molar-refractivity contribution < 1.29 is 4.74 Å². The van der Waals surface area contributed by atoms with Gasteiger partial charge in [0.25, 0.3) is 0 Å². The van der Waals surface area contributed by atoms with Crippen LogP contribution in [0, 0.1) is 25.3 Å². The first kappa shape index (κ1) is 7.68. The minimum atomic E-state index is 0.316. The van der Waals surface area contributed by atoms with Crippen molar-refractivity contribution in [3.63, 3.8) is 0 Å². The van der Waals surface area contributed by atoms with Crippen molar-refractivity contribution in [1.29, 1.82) is 0 Å². The average Bonchev–Trinajstić information content (AvgIpc) is 2.04. The lowest BCUT2D eigenvalue weighted by atomic mass is 10.2. The van der Waals surface area contributed by atoms with E-state index in [1.165, 1.54) is 0 Å². The number of ether oxygens (including phenoxy) is 1. The molecule has 55 valence electrons. The minimum Gasteiger partial charge on any atom is -0.481 e. The lowest BCUT2D eigenvalue weighted by molar-refractivity contribution is 0.370. The predicted molar refractivity (Wildman–Crippen MR) is 44.3 cm³/mol. The second kappa shape index (κ2) is 3.68. The van der Waals surface area contributed by atoms with Gasteiger partial charge in [-0.25, -0.2) is 0 Å². The highest BCUT2D eigenvalue weighted by Crippen LogP contribution is 2.09. The van der Waals surface area contributed by atoms with Crippen LogP contribution in [-0.2, 0) is 0 Å². The third-order valence-electron chi connectivity index (χ3n) is 1.26. The molecule has 0 aromatic heterocycles. The largest absolute Gasteiger partial charge is 0.481 e. The Morgan fingerprint density at radius 3 is 3.00 bits per heavy atom. The summed E-state index contributed by atoms with van der Waals surface area (Å²) in [5, 5.41) is 0. The van der Waals surface area contributed by atoms with Gasteiger partial charge in [-0.3, -0.25) is 0 Å². The molecule has 0 N–H and O–H groups in total. The molecule has 0 heterocycles. The molecule has 0 atom stereocenters. The summed E-state index contributed by atoms with van der Waals surface area (Å²) in [6.45, 7) is 2.29. The van der Waals surface area contributed by atoms with Crippen molar-refractivity contribution in [3.8, 4) is 18.1 Å². The first-order valence-electron chi connectivity index (χ1n) is 3.37. The van der Waals surface area contributed by atoms with E-state index in [1.54, 1.807) is 6.07 Å². The van der Waals surface area contributed by atoms with Gasteiger partial charge in [0.15, 0.2) is 0 Å². The second-order valence-corrected chi connectivity index (χ2v) is 2.20. The Bertz CT molecular complexity index is 253. The molecule has 0 aliphatic heterocycles. The van der Waals surface area contributed by atoms with Crippen molar-refractivity contribution in [2.75, 3.05) is 6.61 Å². The van der Waals surface area contributed by atoms with Crippen molar-refractivity contribution in [1.82, 2.24) is 0 Å². The number of benzene rings is 1. The van der Waals surface area contributed by atoms with Crippen molar-refractivity contribution in [2.45, 2.75) is 6.92 Å². The van der Waals surface area contributed by atoms with Gasteiger partial charge in [-0.05, 0) is 30.7 Å². The van der Waals surface area contributed by atoms with Crippen molar-refractivity contribution in [3.05, 3.63) is 29.8 Å². The zero-order chi connectivity index (χ0) is 8.10. The predicted octanol–water partition coefficient (Wildman–Crippen LogP) is 1.81. The monoisotopic (exact) mass is 145 g/mol. The van der Waals surface area contributed by atoms with E-state index in [0.717, 1.165) is 11.3 Å². The normalized spacial score (nSPS) is 8.73. The van der Waals surface area contributed by atoms with Crippen LogP contribution in [0.25, 0.3) is 0 Å². The maximum Gasteiger partial charge on any atom is 0.148 e. The quantitative estimate of drug-likeness (QED) is 0.577. The van der Waals surface area contributed by atoms with Crippen LogP contribution in [0.15, 0.2) is 18.2 Å². The van der Waals surface area contributed by atoms with Gasteiger partial charge in [-0.1, -0.05) is 12.0 Å². The van der Waals surface area contributed by atoms with Gasteiger partial charge >= 0.3 is 0 Å². The molecule has 0 saturated heterocycles. The summed E-state index contributed by atoms with van der Waals surface area (Å²) < 4.78 is 5.14. The third kappa shape index (κ3) is 2.35. The highest BCUT2D eigenvalue weighted by molar-refractivity contribution is 5.25. The molecule has 0 unspecified atom stereocenters. The molecule has 0 fully saturated rings. The zero-order valence-corrected chi connectivity index (χ0v) is 6.42. The van der Waals surface area contributed by atoms with E-state index < -0.39 is 0 Å². The fourth-order valence-electron chi connectivity index (χ4n) is 0.703. The molecule has 1 heteroatoms. The van der Waals surface area contributed by atoms with E-state index in [4.69, 9.17) is 11.2 Å². The standard InChI is InChI=1S/C10H9O/c1-3-8-11-10-6-4-9(2)5-7-10/h1,4,6-7H,8H2,2H3. The highest BCUT2D eigenvalue weighted by atomic mass is 16.5. The van der Waals surface area contributed by atoms with E-state index >= 15 is 0 Å². The Balaban J connectivity index is 2.60. The molecular weight excluding hydrogens is 136 g/mol. The van der Waals surface area contributed by atoms with Crippen LogP contribution in [0.3, 0.4) is 0 Å². The molecule has 0 bridgehead atoms. The summed E-state index contributed by atoms with van der Waals surface area (Å²) in [5.74, 6) is 3.17. The van der Waals surface area contributed by atoms with Crippen LogP contribution in [0.4, 0.5) is 0 Å². The van der Waals surface area contributed by atoms with Gasteiger partial charge in [0.1, 0.15) is 12.4 Å². The molecule has 1 nitrogen and oxygen atoms in total. The van der Waals surface area contributed by atoms with Gasteiger partial charge < -0.3 is 4.74 Å². The maximum absolute atomic E-state index is 5.14. The first-order valence-corrected chi connectivity index (χ1v) is 3.37. The van der Waals surface area contributed by atoms with Crippen LogP contribution in [0.1, 0.15) is 5.56 Å². The van der Waals surface area contributed by atoms with Crippen LogP contribution >= 0.6 is 0 Å². The van der Waals surface area contributed by atoms with Crippen LogP contribution in [0.2, 0.25) is 0 Å². The fraction of sp³-hybridized carbons (Fsp3) is 0.200. The molecule has 1 rings (SSSR count). The van der Waals surface area contributed by atoms with E-state index in [9.17, 15) is 0 Å². The number of terminal acetylenes is 1. The number of aryl methyl sites for hydroxylation is 1. The lowest BCUT2D eigenvalue weighted by Gasteiger charge is -2.00. The molecule has 1 aromatic rings. The first-order chi connectivity index (χ1) is 5.33. The topological polar surface area (TPSA) is 9.23 Å². The maximum atomic E-state index is 5.14. The number of rotatable bonds is 2. The smallest absolute Gasteiger partial charge is 0.148 e. The molecule has 1 aromatic carbocycles. The van der Waals surface area contributed by atoms with Gasteiger partial charge in [-0.2, -0.15) is 0 Å². The zero-order valence-electron chi connectivity index (χ0n) is 6.42. The Morgan fingerprint density at radius 2 is 2.45 bits per heavy atom. The third-order valence-corrected chi connectivity index (χ3v) is 1.26. The SMILES string of the molecule is C#CCOc1c[c]c(C)cc1. The van der Waals surface area contributed by atoms with Crippen LogP contribution in [0.5, 0.6) is 5.75 Å². The lowest BCUT2D eigenvalue weighted by Crippen LogP contribution is -1.92. The summed E-state index contributed by atoms with van der Waals surface area (Å²) >= 11 is 0. The molecule has 0 amide bonds. The summed E-state index contributed by atoms with van der Waals surface area (Å²) in [7, 11) is 0. The Labute approximate surface area is 67.0 Å². The van der Waals surface area contributed by atoms with E-state index in [0.29, 0.717) is 6.61 Å². The Kier molecular flexibility index (Phi) is 2.57. The van der Waals surface area contributed by atoms with Crippen molar-refractivity contribution >= 4 is 0 Å². The van der Waals surface area contributed by atoms with Gasteiger partial charge in [-0.15, -0.1) is 6.42 Å². The Morgan fingerprint density at radius 1 is 1.64 bits per heavy atom. The van der Waals surface area contributed by atoms with Gasteiger partial charge in [0.2, 0.25) is 0 Å². The molecule has 0 spiro atoms. The van der Waals surface area contributed by atoms with E-state index in [2.05, 4.69) is 12.0 Å². The van der Waals surface area contributed by atoms with Crippen LogP contribution < -0.4 is 4.74 Å². The molecule has 11 heavy (non-hydrogen) atoms. The Hall–Kier alpha value is -1.42. The average molecular weight is 145 g/mol. The second-order valence-electron chi connectivity index (χ2n) is 2.20. The molecule has 0 aliphatic carbocycles. The van der Waals surface area contributed by atoms with Gasteiger partial charge in [0, 0.05) is 0 Å². The number of hydrogen-bond donors (Lipinski definition) is 0. The minimum absolute atomic E-state index is 0.316. The summed E-state index contributed by atoms with van der Waals surface area (Å²) in [5.41, 5.74) is 1.10. The molecular formula is C10H9O. The van der Waals surface area contributed by atoms with Gasteiger partial charge in [0.05, 0.1) is 0 Å². The van der Waals surface area contributed by atoms with E-state index in [-0.39, 0.29) is 0 Å². The summed E-state index contributed by atoms with van der Waals surface area (Å²) in [4.78, 5) is 0. The van der Waals surface area contributed by atoms with Crippen LogP contribution in [-0.4, -0.2) is 6.61 Å². The van der Waals surface area contributed by atoms with E-state index in [1.807, 2.05) is 19.1 Å². The van der Waals surface area contributed by atoms with Crippen molar-refractivity contribution in [2.24, 2.45) is 0 Å². The molecule has 0 aliphatic rings. The molecule has 1 radical (unpaired) electrons. The number of hydrogen-bond acceptors (Lipinski definition) is 1. The highest BCUT2D eigenvalue weighted by Gasteiger charge is 1.89. The molecule has 0 saturated carbocycles.